The second kappa shape index (κ2) is 4.67. The van der Waals surface area contributed by atoms with E-state index < -0.39 is 0 Å². The van der Waals surface area contributed by atoms with Crippen molar-refractivity contribution in [1.82, 2.24) is 0 Å². The third kappa shape index (κ3) is 1.95. The van der Waals surface area contributed by atoms with Gasteiger partial charge in [0.1, 0.15) is 0 Å². The van der Waals surface area contributed by atoms with Crippen LogP contribution in [0.1, 0.15) is 27.0 Å². The van der Waals surface area contributed by atoms with Crippen molar-refractivity contribution in [2.45, 2.75) is 20.3 Å². The summed E-state index contributed by atoms with van der Waals surface area (Å²) < 4.78 is 0. The molecule has 1 aliphatic rings. The van der Waals surface area contributed by atoms with Crippen LogP contribution in [-0.2, 0) is 6.42 Å². The summed E-state index contributed by atoms with van der Waals surface area (Å²) in [6, 6.07) is 11.8. The highest BCUT2D eigenvalue weighted by molar-refractivity contribution is 6.09. The molecule has 3 rings (SSSR count). The summed E-state index contributed by atoms with van der Waals surface area (Å²) in [4.78, 5) is 14.6. The van der Waals surface area contributed by atoms with Gasteiger partial charge >= 0.3 is 0 Å². The van der Waals surface area contributed by atoms with E-state index in [2.05, 4.69) is 0 Å². The van der Waals surface area contributed by atoms with E-state index in [-0.39, 0.29) is 5.91 Å². The summed E-state index contributed by atoms with van der Waals surface area (Å²) in [5, 5.41) is 0. The Bertz CT molecular complexity index is 691. The number of nitrogen functional groups attached to an aromatic ring is 1. The minimum Gasteiger partial charge on any atom is -0.397 e. The third-order valence-electron chi connectivity index (χ3n) is 3.89. The third-order valence-corrected chi connectivity index (χ3v) is 3.89. The lowest BCUT2D eigenvalue weighted by Gasteiger charge is -2.20. The maximum Gasteiger partial charge on any atom is 0.258 e. The molecule has 2 N–H and O–H groups in total. The van der Waals surface area contributed by atoms with Gasteiger partial charge in [0.2, 0.25) is 0 Å². The van der Waals surface area contributed by atoms with Crippen LogP contribution in [0.15, 0.2) is 36.4 Å². The van der Waals surface area contributed by atoms with Crippen LogP contribution in [-0.4, -0.2) is 12.5 Å². The van der Waals surface area contributed by atoms with Crippen LogP contribution in [0, 0.1) is 13.8 Å². The van der Waals surface area contributed by atoms with Crippen LogP contribution in [0.3, 0.4) is 0 Å². The van der Waals surface area contributed by atoms with E-state index in [1.54, 1.807) is 0 Å². The predicted octanol–water partition coefficient (Wildman–Crippen LogP) is 3.09. The second-order valence-corrected chi connectivity index (χ2v) is 5.38. The summed E-state index contributed by atoms with van der Waals surface area (Å²) in [5.74, 6) is 0.0443. The summed E-state index contributed by atoms with van der Waals surface area (Å²) >= 11 is 0. The minimum absolute atomic E-state index is 0.0443. The van der Waals surface area contributed by atoms with Crippen LogP contribution in [0.25, 0.3) is 0 Å². The van der Waals surface area contributed by atoms with Gasteiger partial charge in [0.05, 0.1) is 11.4 Å². The lowest BCUT2D eigenvalue weighted by molar-refractivity contribution is 0.0989. The Labute approximate surface area is 119 Å². The molecule has 3 heteroatoms. The zero-order valence-corrected chi connectivity index (χ0v) is 11.8. The first-order valence-corrected chi connectivity index (χ1v) is 6.84. The van der Waals surface area contributed by atoms with Crippen LogP contribution in [0.5, 0.6) is 0 Å². The van der Waals surface area contributed by atoms with Gasteiger partial charge in [-0.15, -0.1) is 0 Å². The molecule has 0 saturated carbocycles. The number of benzene rings is 2. The molecule has 1 heterocycles. The molecular formula is C17H18N2O. The number of para-hydroxylation sites is 1. The Morgan fingerprint density at radius 3 is 2.80 bits per heavy atom. The molecular weight excluding hydrogens is 248 g/mol. The second-order valence-electron chi connectivity index (χ2n) is 5.38. The fourth-order valence-corrected chi connectivity index (χ4v) is 2.80. The summed E-state index contributed by atoms with van der Waals surface area (Å²) in [5.41, 5.74) is 11.6. The van der Waals surface area contributed by atoms with E-state index in [4.69, 9.17) is 5.73 Å². The first-order chi connectivity index (χ1) is 9.58. The normalized spacial score (nSPS) is 13.4. The highest BCUT2D eigenvalue weighted by atomic mass is 16.2. The zero-order valence-electron chi connectivity index (χ0n) is 11.8. The number of anilines is 2. The molecule has 0 unspecified atom stereocenters. The summed E-state index contributed by atoms with van der Waals surface area (Å²) in [6.45, 7) is 4.68. The number of carbonyl (C=O) groups excluding carboxylic acids is 1. The van der Waals surface area contributed by atoms with Crippen molar-refractivity contribution in [3.8, 4) is 0 Å². The largest absolute Gasteiger partial charge is 0.397 e. The number of fused-ring (bicyclic) bond motifs is 1. The molecule has 0 saturated heterocycles. The Morgan fingerprint density at radius 1 is 1.20 bits per heavy atom. The van der Waals surface area contributed by atoms with E-state index >= 15 is 0 Å². The zero-order chi connectivity index (χ0) is 14.3. The van der Waals surface area contributed by atoms with Crippen LogP contribution >= 0.6 is 0 Å². The van der Waals surface area contributed by atoms with Crippen molar-refractivity contribution in [2.24, 2.45) is 0 Å². The van der Waals surface area contributed by atoms with Crippen LogP contribution in [0.2, 0.25) is 0 Å². The number of carbonyl (C=O) groups is 1. The number of rotatable bonds is 1. The maximum absolute atomic E-state index is 12.8. The molecule has 20 heavy (non-hydrogen) atoms. The van der Waals surface area contributed by atoms with Gasteiger partial charge in [-0.05, 0) is 43.5 Å². The lowest BCUT2D eigenvalue weighted by atomic mass is 10.0. The maximum atomic E-state index is 12.8. The van der Waals surface area contributed by atoms with Gasteiger partial charge in [0.15, 0.2) is 0 Å². The molecule has 0 fully saturated rings. The van der Waals surface area contributed by atoms with Gasteiger partial charge in [-0.25, -0.2) is 0 Å². The van der Waals surface area contributed by atoms with E-state index in [1.807, 2.05) is 55.1 Å². The number of nitrogens with zero attached hydrogens (tertiary/aromatic N) is 1. The van der Waals surface area contributed by atoms with Crippen molar-refractivity contribution in [1.29, 1.82) is 0 Å². The van der Waals surface area contributed by atoms with Crippen molar-refractivity contribution in [2.75, 3.05) is 17.2 Å². The monoisotopic (exact) mass is 266 g/mol. The molecule has 3 nitrogen and oxygen atoms in total. The van der Waals surface area contributed by atoms with Gasteiger partial charge in [-0.3, -0.25) is 4.79 Å². The highest BCUT2D eigenvalue weighted by Crippen LogP contribution is 2.34. The van der Waals surface area contributed by atoms with Crippen molar-refractivity contribution < 1.29 is 4.79 Å². The molecule has 0 aliphatic carbocycles. The molecule has 2 aromatic rings. The highest BCUT2D eigenvalue weighted by Gasteiger charge is 2.28. The Hall–Kier alpha value is -2.29. The molecule has 102 valence electrons. The number of nitrogens with two attached hydrogens (primary N) is 1. The van der Waals surface area contributed by atoms with E-state index in [0.717, 1.165) is 34.4 Å². The average Bonchev–Trinajstić information content (AvgIpc) is 2.86. The topological polar surface area (TPSA) is 46.3 Å². The standard InChI is InChI=1S/C17H18N2O/c1-11-6-7-12(2)14(10-11)17(20)19-9-8-13-4-3-5-15(18)16(13)19/h3-7,10H,8-9,18H2,1-2H3. The van der Waals surface area contributed by atoms with Crippen LogP contribution in [0.4, 0.5) is 11.4 Å². The van der Waals surface area contributed by atoms with E-state index in [1.165, 1.54) is 0 Å². The minimum atomic E-state index is 0.0443. The molecule has 1 aliphatic heterocycles. The summed E-state index contributed by atoms with van der Waals surface area (Å²) in [6.07, 6.45) is 0.872. The number of aryl methyl sites for hydroxylation is 2. The molecule has 0 bridgehead atoms. The van der Waals surface area contributed by atoms with Gasteiger partial charge in [0.25, 0.3) is 5.91 Å². The Balaban J connectivity index is 2.04. The molecule has 0 atom stereocenters. The van der Waals surface area contributed by atoms with Gasteiger partial charge < -0.3 is 10.6 Å². The summed E-state index contributed by atoms with van der Waals surface area (Å²) in [7, 11) is 0. The van der Waals surface area contributed by atoms with Gasteiger partial charge in [-0.1, -0.05) is 29.8 Å². The van der Waals surface area contributed by atoms with Crippen molar-refractivity contribution >= 4 is 17.3 Å². The molecule has 2 aromatic carbocycles. The van der Waals surface area contributed by atoms with Crippen molar-refractivity contribution in [3.05, 3.63) is 58.7 Å². The van der Waals surface area contributed by atoms with E-state index in [0.29, 0.717) is 12.2 Å². The smallest absolute Gasteiger partial charge is 0.258 e. The average molecular weight is 266 g/mol. The Morgan fingerprint density at radius 2 is 2.00 bits per heavy atom. The van der Waals surface area contributed by atoms with Gasteiger partial charge in [0, 0.05) is 12.1 Å². The number of hydrogen-bond acceptors (Lipinski definition) is 2. The van der Waals surface area contributed by atoms with Crippen LogP contribution < -0.4 is 10.6 Å². The molecule has 0 spiro atoms. The number of hydrogen-bond donors (Lipinski definition) is 1. The fourth-order valence-electron chi connectivity index (χ4n) is 2.80. The first-order valence-electron chi connectivity index (χ1n) is 6.84. The molecule has 0 radical (unpaired) electrons. The van der Waals surface area contributed by atoms with Crippen molar-refractivity contribution in [3.63, 3.8) is 0 Å². The predicted molar refractivity (Wildman–Crippen MR) is 82.2 cm³/mol. The van der Waals surface area contributed by atoms with Gasteiger partial charge in [-0.2, -0.15) is 0 Å². The number of amides is 1. The quantitative estimate of drug-likeness (QED) is 0.806. The molecule has 0 aromatic heterocycles. The van der Waals surface area contributed by atoms with E-state index in [9.17, 15) is 4.79 Å². The fraction of sp³-hybridized carbons (Fsp3) is 0.235. The Kier molecular flexibility index (Phi) is 2.97. The molecule has 1 amide bonds. The lowest BCUT2D eigenvalue weighted by Crippen LogP contribution is -2.30. The SMILES string of the molecule is Cc1ccc(C)c(C(=O)N2CCc3cccc(N)c32)c1. The first kappa shape index (κ1) is 12.7.